The van der Waals surface area contributed by atoms with Gasteiger partial charge in [0.15, 0.2) is 12.2 Å². The van der Waals surface area contributed by atoms with Crippen molar-refractivity contribution in [2.24, 2.45) is 23.7 Å². The summed E-state index contributed by atoms with van der Waals surface area (Å²) < 4.78 is 68.5. The number of carbonyl (C=O) groups excluding carboxylic acids is 4. The second kappa shape index (κ2) is 63.5. The Balaban J connectivity index is 5.27. The third kappa shape index (κ3) is 65.8. The van der Waals surface area contributed by atoms with Crippen molar-refractivity contribution >= 4 is 39.5 Å². The van der Waals surface area contributed by atoms with Crippen molar-refractivity contribution < 1.29 is 80.2 Å². The van der Waals surface area contributed by atoms with Crippen LogP contribution in [-0.2, 0) is 65.4 Å². The van der Waals surface area contributed by atoms with E-state index < -0.39 is 97.5 Å². The summed E-state index contributed by atoms with van der Waals surface area (Å²) in [7, 11) is -9.91. The number of esters is 4. The van der Waals surface area contributed by atoms with Crippen LogP contribution >= 0.6 is 15.6 Å². The van der Waals surface area contributed by atoms with Crippen LogP contribution in [0, 0.1) is 23.7 Å². The van der Waals surface area contributed by atoms with Gasteiger partial charge in [-0.1, -0.05) is 319 Å². The fraction of sp³-hybridized carbons (Fsp3) is 0.946. The van der Waals surface area contributed by atoms with Crippen LogP contribution in [0.2, 0.25) is 0 Å². The lowest BCUT2D eigenvalue weighted by atomic mass is 9.99. The number of phosphoric ester groups is 2. The van der Waals surface area contributed by atoms with Gasteiger partial charge in [0.1, 0.15) is 19.3 Å². The van der Waals surface area contributed by atoms with Crippen LogP contribution in [0.25, 0.3) is 0 Å². The van der Waals surface area contributed by atoms with E-state index >= 15 is 0 Å². The van der Waals surface area contributed by atoms with Crippen molar-refractivity contribution in [3.63, 3.8) is 0 Å². The Morgan fingerprint density at radius 1 is 0.301 bits per heavy atom. The molecule has 0 aliphatic carbocycles. The Morgan fingerprint density at radius 3 is 0.763 bits per heavy atom. The molecule has 0 saturated carbocycles. The third-order valence-electron chi connectivity index (χ3n) is 17.8. The van der Waals surface area contributed by atoms with E-state index in [4.69, 9.17) is 37.0 Å². The minimum Gasteiger partial charge on any atom is -0.462 e. The highest BCUT2D eigenvalue weighted by Gasteiger charge is 2.30. The normalized spacial score (nSPS) is 14.8. The van der Waals surface area contributed by atoms with E-state index in [1.54, 1.807) is 0 Å². The van der Waals surface area contributed by atoms with Crippen molar-refractivity contribution in [2.75, 3.05) is 39.6 Å². The highest BCUT2D eigenvalue weighted by atomic mass is 31.2. The molecule has 0 aliphatic heterocycles. The molecule has 0 aromatic rings. The second-order valence-electron chi connectivity index (χ2n) is 28.1. The Hall–Kier alpha value is -1.94. The van der Waals surface area contributed by atoms with Crippen molar-refractivity contribution in [3.8, 4) is 0 Å². The topological polar surface area (TPSA) is 237 Å². The Labute approximate surface area is 568 Å². The largest absolute Gasteiger partial charge is 0.472 e. The molecule has 19 heteroatoms. The molecule has 0 aromatic carbocycles. The molecule has 0 radical (unpaired) electrons. The van der Waals surface area contributed by atoms with Crippen LogP contribution in [0.5, 0.6) is 0 Å². The molecule has 17 nitrogen and oxygen atoms in total. The van der Waals surface area contributed by atoms with E-state index in [0.29, 0.717) is 25.7 Å². The molecule has 0 aliphatic rings. The monoisotopic (exact) mass is 1370 g/mol. The molecular formula is C74H144O17P2. The van der Waals surface area contributed by atoms with Crippen molar-refractivity contribution in [3.05, 3.63) is 0 Å². The first-order chi connectivity index (χ1) is 44.7. The maximum Gasteiger partial charge on any atom is 0.472 e. The number of aliphatic hydroxyl groups excluding tert-OH is 1. The summed E-state index contributed by atoms with van der Waals surface area (Å²) in [6.07, 6.45) is 47.1. The van der Waals surface area contributed by atoms with Crippen LogP contribution in [0.15, 0.2) is 0 Å². The van der Waals surface area contributed by atoms with Crippen LogP contribution in [0.3, 0.4) is 0 Å². The van der Waals surface area contributed by atoms with Gasteiger partial charge in [0, 0.05) is 25.7 Å². The molecular weight excluding hydrogens is 1220 g/mol. The summed E-state index contributed by atoms with van der Waals surface area (Å²) in [6.45, 7) is 14.2. The first-order valence-electron chi connectivity index (χ1n) is 38.3. The maximum absolute atomic E-state index is 13.1. The van der Waals surface area contributed by atoms with Crippen LogP contribution in [0.4, 0.5) is 0 Å². The van der Waals surface area contributed by atoms with Gasteiger partial charge in [-0.05, 0) is 49.4 Å². The van der Waals surface area contributed by atoms with Gasteiger partial charge in [-0.15, -0.1) is 0 Å². The third-order valence-corrected chi connectivity index (χ3v) is 19.7. The van der Waals surface area contributed by atoms with E-state index in [2.05, 4.69) is 55.4 Å². The Morgan fingerprint density at radius 2 is 0.516 bits per heavy atom. The molecule has 0 heterocycles. The minimum absolute atomic E-state index is 0.104. The highest BCUT2D eigenvalue weighted by molar-refractivity contribution is 7.47. The molecule has 0 aromatic heterocycles. The SMILES string of the molecule is CCC(C)CCCCCCCCCCC(=O)OC[C@H](COP(=O)(O)OC[C@H](O)COP(=O)(O)OC[C@@H](COC(=O)CCCCCCCCCCCC(C)C)OC(=O)CCCCCCCCCCCCCCCCC(C)C)OC(=O)CCCCCCCCCCC(C)CC. The van der Waals surface area contributed by atoms with Crippen molar-refractivity contribution in [2.45, 2.75) is 388 Å². The minimum atomic E-state index is -4.96. The second-order valence-corrected chi connectivity index (χ2v) is 31.0. The zero-order valence-corrected chi connectivity index (χ0v) is 62.7. The van der Waals surface area contributed by atoms with Crippen molar-refractivity contribution in [1.29, 1.82) is 0 Å². The van der Waals surface area contributed by atoms with E-state index in [0.717, 1.165) is 114 Å². The van der Waals surface area contributed by atoms with Crippen LogP contribution < -0.4 is 0 Å². The zero-order valence-electron chi connectivity index (χ0n) is 60.9. The van der Waals surface area contributed by atoms with E-state index in [9.17, 15) is 43.2 Å². The average Bonchev–Trinajstić information content (AvgIpc) is 1.87. The van der Waals surface area contributed by atoms with Gasteiger partial charge in [-0.25, -0.2) is 9.13 Å². The number of aliphatic hydroxyl groups is 1. The number of hydrogen-bond donors (Lipinski definition) is 3. The fourth-order valence-electron chi connectivity index (χ4n) is 11.1. The molecule has 4 unspecified atom stereocenters. The summed E-state index contributed by atoms with van der Waals surface area (Å²) in [5.74, 6) is 0.961. The number of unbranched alkanes of at least 4 members (excludes halogenated alkanes) is 35. The lowest BCUT2D eigenvalue weighted by Gasteiger charge is -2.21. The molecule has 0 fully saturated rings. The smallest absolute Gasteiger partial charge is 0.462 e. The van der Waals surface area contributed by atoms with E-state index in [-0.39, 0.29) is 25.7 Å². The average molecular weight is 1370 g/mol. The summed E-state index contributed by atoms with van der Waals surface area (Å²) in [5, 5.41) is 10.6. The van der Waals surface area contributed by atoms with Gasteiger partial charge in [-0.2, -0.15) is 0 Å². The maximum atomic E-state index is 13.1. The summed E-state index contributed by atoms with van der Waals surface area (Å²) in [4.78, 5) is 72.7. The van der Waals surface area contributed by atoms with Crippen LogP contribution in [0.1, 0.15) is 370 Å². The standard InChI is InChI=1S/C74H144O17P2/c1-9-66(7)52-44-36-28-22-24-31-39-47-55-72(77)85-61-70(91-74(79)57-49-41-33-25-23-29-37-45-53-67(8)10-2)63-89-93(82,83)87-59-68(75)58-86-92(80,81)88-62-69(60-84-71(76)54-46-38-30-21-17-19-27-35-43-51-65(5)6)90-73(78)56-48-40-32-20-16-14-12-11-13-15-18-26-34-42-50-64(3)4/h64-70,75H,9-63H2,1-8H3,(H,80,81)(H,82,83)/t66?,67?,68-,69-,70-/m1/s1. The number of carbonyl (C=O) groups is 4. The molecule has 7 atom stereocenters. The van der Waals surface area contributed by atoms with Gasteiger partial charge >= 0.3 is 39.5 Å². The van der Waals surface area contributed by atoms with Crippen LogP contribution in [-0.4, -0.2) is 96.7 Å². The van der Waals surface area contributed by atoms with E-state index in [1.165, 1.54) is 173 Å². The number of hydrogen-bond acceptors (Lipinski definition) is 15. The Bertz CT molecular complexity index is 1840. The van der Waals surface area contributed by atoms with Crippen molar-refractivity contribution in [1.82, 2.24) is 0 Å². The summed E-state index contributed by atoms with van der Waals surface area (Å²) >= 11 is 0. The molecule has 93 heavy (non-hydrogen) atoms. The molecule has 0 rings (SSSR count). The first-order valence-corrected chi connectivity index (χ1v) is 41.3. The van der Waals surface area contributed by atoms with Gasteiger partial charge in [0.25, 0.3) is 0 Å². The molecule has 552 valence electrons. The van der Waals surface area contributed by atoms with Gasteiger partial charge < -0.3 is 33.8 Å². The molecule has 0 amide bonds. The Kier molecular flexibility index (Phi) is 62.2. The lowest BCUT2D eigenvalue weighted by Crippen LogP contribution is -2.30. The fourth-order valence-corrected chi connectivity index (χ4v) is 12.7. The number of ether oxygens (including phenoxy) is 4. The van der Waals surface area contributed by atoms with Gasteiger partial charge in [0.05, 0.1) is 26.4 Å². The summed E-state index contributed by atoms with van der Waals surface area (Å²) in [5.41, 5.74) is 0. The molecule has 0 spiro atoms. The number of phosphoric acid groups is 2. The van der Waals surface area contributed by atoms with E-state index in [1.807, 2.05) is 0 Å². The predicted molar refractivity (Wildman–Crippen MR) is 377 cm³/mol. The van der Waals surface area contributed by atoms with Gasteiger partial charge in [-0.3, -0.25) is 37.3 Å². The predicted octanol–water partition coefficient (Wildman–Crippen LogP) is 21.3. The molecule has 0 bridgehead atoms. The zero-order chi connectivity index (χ0) is 68.9. The molecule has 3 N–H and O–H groups in total. The van der Waals surface area contributed by atoms with Gasteiger partial charge in [0.2, 0.25) is 0 Å². The quantitative estimate of drug-likeness (QED) is 0.0222. The lowest BCUT2D eigenvalue weighted by molar-refractivity contribution is -0.161. The first kappa shape index (κ1) is 91.1. The summed E-state index contributed by atoms with van der Waals surface area (Å²) in [6, 6.07) is 0. The highest BCUT2D eigenvalue weighted by Crippen LogP contribution is 2.45. The number of rotatable bonds is 71. The molecule has 0 saturated heterocycles.